The van der Waals surface area contributed by atoms with E-state index in [4.69, 9.17) is 9.72 Å². The Morgan fingerprint density at radius 3 is 2.81 bits per heavy atom. The molecule has 2 aromatic heterocycles. The van der Waals surface area contributed by atoms with E-state index in [1.165, 1.54) is 11.3 Å². The van der Waals surface area contributed by atoms with Crippen LogP contribution < -0.4 is 10.2 Å². The summed E-state index contributed by atoms with van der Waals surface area (Å²) < 4.78 is 8.57. The number of halogens is 1. The lowest BCUT2D eigenvalue weighted by Gasteiger charge is -2.22. The minimum absolute atomic E-state index is 0.0535. The highest BCUT2D eigenvalue weighted by atomic mass is 79.9. The maximum absolute atomic E-state index is 12.7. The van der Waals surface area contributed by atoms with Crippen LogP contribution in [0.15, 0.2) is 34.8 Å². The normalized spacial score (nSPS) is 17.2. The minimum atomic E-state index is -0.0535. The van der Waals surface area contributed by atoms with E-state index in [9.17, 15) is 4.79 Å². The Morgan fingerprint density at radius 2 is 2.15 bits per heavy atom. The average molecular weight is 449 g/mol. The van der Waals surface area contributed by atoms with Crippen molar-refractivity contribution in [2.24, 2.45) is 0 Å². The maximum Gasteiger partial charge on any atom is 0.261 e. The Bertz CT molecular complexity index is 958. The van der Waals surface area contributed by atoms with E-state index in [2.05, 4.69) is 25.8 Å². The number of imidazole rings is 1. The molecule has 1 fully saturated rings. The van der Waals surface area contributed by atoms with Gasteiger partial charge in [0.2, 0.25) is 5.95 Å². The highest BCUT2D eigenvalue weighted by Gasteiger charge is 2.22. The summed E-state index contributed by atoms with van der Waals surface area (Å²) in [5.41, 5.74) is 1.84. The number of hydrogen-bond donors (Lipinski definition) is 1. The molecule has 1 amide bonds. The number of amides is 1. The Labute approximate surface area is 170 Å². The van der Waals surface area contributed by atoms with Crippen LogP contribution in [0.2, 0.25) is 0 Å². The van der Waals surface area contributed by atoms with E-state index in [0.29, 0.717) is 11.5 Å². The molecule has 0 saturated carbocycles. The van der Waals surface area contributed by atoms with Crippen molar-refractivity contribution in [1.82, 2.24) is 14.9 Å². The van der Waals surface area contributed by atoms with Crippen LogP contribution in [0.1, 0.15) is 22.5 Å². The fourth-order valence-corrected chi connectivity index (χ4v) is 4.49. The summed E-state index contributed by atoms with van der Waals surface area (Å²) in [4.78, 5) is 21.0. The van der Waals surface area contributed by atoms with Gasteiger partial charge in [0.1, 0.15) is 10.3 Å². The number of hydrogen-bond acceptors (Lipinski definition) is 5. The molecular weight excluding hydrogens is 428 g/mol. The first-order chi connectivity index (χ1) is 13.0. The molecule has 1 unspecified atom stereocenters. The highest BCUT2D eigenvalue weighted by molar-refractivity contribution is 9.10. The largest absolute Gasteiger partial charge is 0.379 e. The zero-order valence-corrected chi connectivity index (χ0v) is 17.6. The first-order valence-electron chi connectivity index (χ1n) is 8.87. The van der Waals surface area contributed by atoms with Crippen molar-refractivity contribution < 1.29 is 9.53 Å². The van der Waals surface area contributed by atoms with E-state index in [1.807, 2.05) is 49.3 Å². The molecule has 8 heteroatoms. The van der Waals surface area contributed by atoms with Crippen molar-refractivity contribution in [3.63, 3.8) is 0 Å². The third kappa shape index (κ3) is 3.74. The Balaban J connectivity index is 1.69. The number of carbonyl (C=O) groups excluding carboxylic acids is 1. The van der Waals surface area contributed by atoms with Crippen molar-refractivity contribution >= 4 is 49.5 Å². The van der Waals surface area contributed by atoms with Gasteiger partial charge in [-0.1, -0.05) is 15.9 Å². The molecule has 0 bridgehead atoms. The summed E-state index contributed by atoms with van der Waals surface area (Å²) in [5, 5.41) is 3.08. The van der Waals surface area contributed by atoms with E-state index in [-0.39, 0.29) is 11.9 Å². The van der Waals surface area contributed by atoms with Crippen molar-refractivity contribution in [2.75, 3.05) is 32.2 Å². The molecule has 1 aliphatic heterocycles. The quantitative estimate of drug-likeness (QED) is 0.658. The number of rotatable bonds is 4. The van der Waals surface area contributed by atoms with Gasteiger partial charge in [-0.3, -0.25) is 9.36 Å². The van der Waals surface area contributed by atoms with Crippen molar-refractivity contribution in [3.8, 4) is 5.69 Å². The van der Waals surface area contributed by atoms with Gasteiger partial charge in [0.15, 0.2) is 0 Å². The monoisotopic (exact) mass is 448 g/mol. The molecule has 1 saturated heterocycles. The molecule has 0 spiro atoms. The van der Waals surface area contributed by atoms with E-state index < -0.39 is 0 Å². The van der Waals surface area contributed by atoms with Crippen LogP contribution >= 0.6 is 27.3 Å². The maximum atomic E-state index is 12.7. The molecule has 0 radical (unpaired) electrons. The van der Waals surface area contributed by atoms with Crippen LogP contribution in [0, 0.1) is 0 Å². The number of aromatic nitrogens is 2. The highest BCUT2D eigenvalue weighted by Crippen LogP contribution is 2.33. The molecule has 4 rings (SSSR count). The molecule has 6 nitrogen and oxygen atoms in total. The molecule has 0 aliphatic carbocycles. The number of fused-ring (bicyclic) bond motifs is 1. The molecule has 1 atom stereocenters. The second kappa shape index (κ2) is 7.61. The van der Waals surface area contributed by atoms with Gasteiger partial charge in [-0.25, -0.2) is 4.98 Å². The third-order valence-electron chi connectivity index (χ3n) is 4.52. The SMILES string of the molecule is CN(C)c1nc2cc(C(=O)NC3CCCOC3)sc2n1-c1ccc(Br)cc1. The molecule has 3 heterocycles. The first-order valence-corrected chi connectivity index (χ1v) is 10.5. The smallest absolute Gasteiger partial charge is 0.261 e. The Kier molecular flexibility index (Phi) is 5.21. The molecule has 3 aromatic rings. The Morgan fingerprint density at radius 1 is 1.37 bits per heavy atom. The summed E-state index contributed by atoms with van der Waals surface area (Å²) in [6.07, 6.45) is 1.95. The fourth-order valence-electron chi connectivity index (χ4n) is 3.21. The van der Waals surface area contributed by atoms with Crippen LogP contribution in [0.5, 0.6) is 0 Å². The zero-order chi connectivity index (χ0) is 19.0. The Hall–Kier alpha value is -1.90. The molecule has 1 aromatic carbocycles. The first kappa shape index (κ1) is 18.5. The van der Waals surface area contributed by atoms with E-state index >= 15 is 0 Å². The molecule has 1 aliphatic rings. The van der Waals surface area contributed by atoms with Crippen LogP contribution in [-0.2, 0) is 4.74 Å². The molecule has 1 N–H and O–H groups in total. The number of benzene rings is 1. The van der Waals surface area contributed by atoms with Crippen LogP contribution in [0.3, 0.4) is 0 Å². The molecular formula is C19H21BrN4O2S. The number of ether oxygens (including phenoxy) is 1. The summed E-state index contributed by atoms with van der Waals surface area (Å²) >= 11 is 4.95. The van der Waals surface area contributed by atoms with Crippen LogP contribution in [-0.4, -0.2) is 48.8 Å². The van der Waals surface area contributed by atoms with Crippen molar-refractivity contribution in [1.29, 1.82) is 0 Å². The van der Waals surface area contributed by atoms with E-state index in [0.717, 1.165) is 45.9 Å². The lowest BCUT2D eigenvalue weighted by atomic mass is 10.1. The summed E-state index contributed by atoms with van der Waals surface area (Å²) in [6.45, 7) is 1.37. The average Bonchev–Trinajstić information content (AvgIpc) is 3.21. The molecule has 27 heavy (non-hydrogen) atoms. The van der Waals surface area contributed by atoms with Gasteiger partial charge in [0.05, 0.1) is 17.5 Å². The van der Waals surface area contributed by atoms with Gasteiger partial charge in [-0.15, -0.1) is 11.3 Å². The fraction of sp³-hybridized carbons (Fsp3) is 0.368. The van der Waals surface area contributed by atoms with Gasteiger partial charge in [0, 0.05) is 30.9 Å². The predicted molar refractivity (Wildman–Crippen MR) is 112 cm³/mol. The number of nitrogens with one attached hydrogen (secondary N) is 1. The van der Waals surface area contributed by atoms with Gasteiger partial charge in [-0.2, -0.15) is 0 Å². The van der Waals surface area contributed by atoms with Gasteiger partial charge in [-0.05, 0) is 43.2 Å². The summed E-state index contributed by atoms with van der Waals surface area (Å²) in [7, 11) is 3.94. The lowest BCUT2D eigenvalue weighted by Crippen LogP contribution is -2.40. The minimum Gasteiger partial charge on any atom is -0.379 e. The number of anilines is 1. The lowest BCUT2D eigenvalue weighted by molar-refractivity contribution is 0.0626. The van der Waals surface area contributed by atoms with Gasteiger partial charge >= 0.3 is 0 Å². The standard InChI is InChI=1S/C19H21BrN4O2S/c1-23(2)19-22-15-10-16(17(25)21-13-4-3-9-26-11-13)27-18(15)24(19)14-7-5-12(20)6-8-14/h5-8,10,13H,3-4,9,11H2,1-2H3,(H,21,25). The predicted octanol–water partition coefficient (Wildman–Crippen LogP) is 3.82. The molecule has 142 valence electrons. The number of thiophene rings is 1. The second-order valence-corrected chi connectivity index (χ2v) is 8.75. The van der Waals surface area contributed by atoms with Gasteiger partial charge < -0.3 is 15.0 Å². The third-order valence-corrected chi connectivity index (χ3v) is 6.16. The zero-order valence-electron chi connectivity index (χ0n) is 15.2. The summed E-state index contributed by atoms with van der Waals surface area (Å²) in [6, 6.07) is 10.1. The summed E-state index contributed by atoms with van der Waals surface area (Å²) in [5.74, 6) is 0.786. The van der Waals surface area contributed by atoms with Crippen LogP contribution in [0.4, 0.5) is 5.95 Å². The second-order valence-electron chi connectivity index (χ2n) is 6.81. The van der Waals surface area contributed by atoms with Crippen molar-refractivity contribution in [2.45, 2.75) is 18.9 Å². The number of nitrogens with zero attached hydrogens (tertiary/aromatic N) is 3. The van der Waals surface area contributed by atoms with Crippen LogP contribution in [0.25, 0.3) is 16.0 Å². The topological polar surface area (TPSA) is 59.4 Å². The number of carbonyl (C=O) groups is 1. The van der Waals surface area contributed by atoms with Crippen molar-refractivity contribution in [3.05, 3.63) is 39.7 Å². The van der Waals surface area contributed by atoms with Gasteiger partial charge in [0.25, 0.3) is 5.91 Å². The van der Waals surface area contributed by atoms with E-state index in [1.54, 1.807) is 0 Å².